The normalized spacial score (nSPS) is 17.5. The smallest absolute Gasteiger partial charge is 0.301 e. The minimum atomic E-state index is -0.805. The summed E-state index contributed by atoms with van der Waals surface area (Å²) in [6.07, 6.45) is 2.30. The van der Waals surface area contributed by atoms with Crippen molar-refractivity contribution >= 4 is 5.78 Å². The second kappa shape index (κ2) is 7.47. The number of Topliss-reactive ketones (excluding diaryl/α,β-unsaturated/α-hetero) is 1. The fourth-order valence-corrected chi connectivity index (χ4v) is 1.52. The maximum absolute atomic E-state index is 11.0. The second-order valence-corrected chi connectivity index (χ2v) is 3.51. The Morgan fingerprint density at radius 2 is 2.17 bits per heavy atom. The number of ketones is 1. The van der Waals surface area contributed by atoms with E-state index in [1.54, 1.807) is 6.07 Å². The van der Waals surface area contributed by atoms with Gasteiger partial charge >= 0.3 is 51.4 Å². The van der Waals surface area contributed by atoms with Gasteiger partial charge in [-0.15, -0.1) is 6.08 Å². The molecular weight excluding hydrogens is 261 g/mol. The van der Waals surface area contributed by atoms with E-state index in [-0.39, 0.29) is 80.8 Å². The number of nitrogens with zero attached hydrogens (tertiary/aromatic N) is 3. The van der Waals surface area contributed by atoms with E-state index in [1.165, 1.54) is 13.0 Å². The summed E-state index contributed by atoms with van der Waals surface area (Å²) < 4.78 is 0. The molecule has 86 valence electrons. The molecule has 0 aromatic heterocycles. The van der Waals surface area contributed by atoms with Gasteiger partial charge in [0.05, 0.1) is 6.07 Å². The molecule has 0 heterocycles. The summed E-state index contributed by atoms with van der Waals surface area (Å²) in [5.74, 6) is -0.999. The van der Waals surface area contributed by atoms with E-state index in [9.17, 15) is 14.9 Å². The van der Waals surface area contributed by atoms with Crippen LogP contribution >= 0.6 is 0 Å². The third-order valence-corrected chi connectivity index (χ3v) is 2.21. The number of rotatable bonds is 3. The molecule has 18 heavy (non-hydrogen) atoms. The first-order valence-electron chi connectivity index (χ1n) is 4.73. The summed E-state index contributed by atoms with van der Waals surface area (Å²) >= 11 is 0. The van der Waals surface area contributed by atoms with Crippen molar-refractivity contribution in [1.29, 1.82) is 10.5 Å². The number of nitro groups is 1. The van der Waals surface area contributed by atoms with Crippen molar-refractivity contribution in [3.63, 3.8) is 0 Å². The molecule has 0 aliphatic heterocycles. The van der Waals surface area contributed by atoms with Gasteiger partial charge in [-0.3, -0.25) is 15.4 Å². The number of carbonyl (C=O) groups excluding carboxylic acids is 1. The molecule has 0 bridgehead atoms. The monoisotopic (exact) mass is 269 g/mol. The van der Waals surface area contributed by atoms with E-state index < -0.39 is 10.8 Å². The Morgan fingerprint density at radius 3 is 2.56 bits per heavy atom. The van der Waals surface area contributed by atoms with Crippen molar-refractivity contribution in [2.45, 2.75) is 13.3 Å². The average Bonchev–Trinajstić information content (AvgIpc) is 2.28. The van der Waals surface area contributed by atoms with Crippen LogP contribution in [0, 0.1) is 44.6 Å². The van der Waals surface area contributed by atoms with E-state index >= 15 is 0 Å². The third-order valence-electron chi connectivity index (χ3n) is 2.21. The van der Waals surface area contributed by atoms with Crippen LogP contribution in [0.15, 0.2) is 23.4 Å². The molecule has 0 radical (unpaired) electrons. The molecular formula is C11H8KN3O3. The Hall–Kier alpha value is -0.964. The van der Waals surface area contributed by atoms with Crippen molar-refractivity contribution in [1.82, 2.24) is 0 Å². The maximum atomic E-state index is 11.0. The van der Waals surface area contributed by atoms with Crippen LogP contribution in [-0.2, 0) is 4.79 Å². The Labute approximate surface area is 147 Å². The molecule has 1 rings (SSSR count). The molecule has 7 heteroatoms. The minimum Gasteiger partial charge on any atom is -0.301 e. The summed E-state index contributed by atoms with van der Waals surface area (Å²) in [5.41, 5.74) is -0.299. The third kappa shape index (κ3) is 4.05. The molecule has 0 aromatic carbocycles. The molecule has 6 nitrogen and oxygen atoms in total. The number of hydrogen-bond acceptors (Lipinski definition) is 5. The van der Waals surface area contributed by atoms with E-state index in [4.69, 9.17) is 10.5 Å². The van der Waals surface area contributed by atoms with Crippen LogP contribution in [-0.4, -0.2) is 10.7 Å². The van der Waals surface area contributed by atoms with Gasteiger partial charge in [0.1, 0.15) is 5.78 Å². The predicted molar refractivity (Wildman–Crippen MR) is 56.4 cm³/mol. The van der Waals surface area contributed by atoms with E-state index in [0.717, 1.165) is 6.08 Å². The maximum Gasteiger partial charge on any atom is 1.00 e. The molecule has 0 aromatic rings. The Balaban J connectivity index is 0.00000289. The van der Waals surface area contributed by atoms with Gasteiger partial charge in [-0.05, 0) is 18.9 Å². The van der Waals surface area contributed by atoms with Gasteiger partial charge in [0.25, 0.3) is 0 Å². The summed E-state index contributed by atoms with van der Waals surface area (Å²) in [5, 5.41) is 28.4. The van der Waals surface area contributed by atoms with Gasteiger partial charge in [0, 0.05) is 17.3 Å². The molecule has 0 saturated carbocycles. The fourth-order valence-electron chi connectivity index (χ4n) is 1.52. The summed E-state index contributed by atoms with van der Waals surface area (Å²) in [6, 6.07) is 3.60. The van der Waals surface area contributed by atoms with Gasteiger partial charge in [-0.1, -0.05) is 11.6 Å². The van der Waals surface area contributed by atoms with Crippen LogP contribution in [0.2, 0.25) is 0 Å². The summed E-state index contributed by atoms with van der Waals surface area (Å²) in [4.78, 5) is 21.2. The number of nitriles is 2. The topological polar surface area (TPSA) is 108 Å². The Bertz CT molecular complexity index is 511. The average molecular weight is 269 g/mol. The standard InChI is InChI=1S/C11H8N3O3.K/c1-7(15)2-10-9(6-13)3-8(5-12)4-11(10)14(16)17;/h3-4,8H,2H2,1H3;/q-1;+1. The predicted octanol–water partition coefficient (Wildman–Crippen LogP) is -1.69. The van der Waals surface area contributed by atoms with Gasteiger partial charge in [-0.25, -0.2) is 0 Å². The number of hydrogen-bond donors (Lipinski definition) is 0. The zero-order valence-electron chi connectivity index (χ0n) is 10.0. The second-order valence-electron chi connectivity index (χ2n) is 3.51. The van der Waals surface area contributed by atoms with Crippen molar-refractivity contribution < 1.29 is 61.1 Å². The summed E-state index contributed by atoms with van der Waals surface area (Å²) in [6.45, 7) is 1.29. The van der Waals surface area contributed by atoms with Crippen LogP contribution < -0.4 is 51.4 Å². The quantitative estimate of drug-likeness (QED) is 0.263. The van der Waals surface area contributed by atoms with Crippen molar-refractivity contribution in [3.8, 4) is 12.1 Å². The molecule has 0 spiro atoms. The zero-order chi connectivity index (χ0) is 13.0. The van der Waals surface area contributed by atoms with Gasteiger partial charge in [-0.2, -0.15) is 5.26 Å². The van der Waals surface area contributed by atoms with Crippen LogP contribution in [0.1, 0.15) is 13.3 Å². The van der Waals surface area contributed by atoms with Gasteiger partial charge in [0.15, 0.2) is 5.70 Å². The van der Waals surface area contributed by atoms with E-state index in [0.29, 0.717) is 0 Å². The molecule has 0 fully saturated rings. The van der Waals surface area contributed by atoms with Crippen molar-refractivity contribution in [2.75, 3.05) is 0 Å². The largest absolute Gasteiger partial charge is 1.00 e. The Morgan fingerprint density at radius 1 is 1.56 bits per heavy atom. The van der Waals surface area contributed by atoms with Gasteiger partial charge in [0.2, 0.25) is 0 Å². The molecule has 0 amide bonds. The summed E-state index contributed by atoms with van der Waals surface area (Å²) in [7, 11) is 0. The van der Waals surface area contributed by atoms with Crippen LogP contribution in [0.4, 0.5) is 0 Å². The first-order valence-corrected chi connectivity index (χ1v) is 4.73. The fraction of sp³-hybridized carbons (Fsp3) is 0.273. The molecule has 1 aliphatic carbocycles. The molecule has 0 N–H and O–H groups in total. The minimum absolute atomic E-state index is 0. The Kier molecular flexibility index (Phi) is 7.07. The first kappa shape index (κ1) is 17.0. The van der Waals surface area contributed by atoms with Crippen molar-refractivity contribution in [3.05, 3.63) is 39.5 Å². The van der Waals surface area contributed by atoms with Crippen LogP contribution in [0.25, 0.3) is 0 Å². The van der Waals surface area contributed by atoms with Crippen molar-refractivity contribution in [2.24, 2.45) is 5.92 Å². The SMILES string of the molecule is CC(=O)C[C-]1C(C#N)=CC(C#N)C=C1[N+](=O)[O-].[K+]. The van der Waals surface area contributed by atoms with E-state index in [2.05, 4.69) is 0 Å². The number of carbonyl (C=O) groups is 1. The molecule has 1 atom stereocenters. The van der Waals surface area contributed by atoms with Crippen LogP contribution in [0.3, 0.4) is 0 Å². The molecule has 0 saturated heterocycles. The van der Waals surface area contributed by atoms with Crippen LogP contribution in [0.5, 0.6) is 0 Å². The zero-order valence-corrected chi connectivity index (χ0v) is 13.1. The van der Waals surface area contributed by atoms with E-state index in [1.807, 2.05) is 6.07 Å². The first-order chi connectivity index (χ1) is 7.99. The van der Waals surface area contributed by atoms with Gasteiger partial charge < -0.3 is 4.79 Å². The molecule has 1 unspecified atom stereocenters. The molecule has 1 aliphatic rings. The number of allylic oxidation sites excluding steroid dienone is 3.